The zero-order valence-electron chi connectivity index (χ0n) is 9.10. The molecule has 1 aromatic carbocycles. The van der Waals surface area contributed by atoms with Crippen LogP contribution < -0.4 is 0 Å². The van der Waals surface area contributed by atoms with Crippen LogP contribution in [0, 0.1) is 0 Å². The molecule has 0 atom stereocenters. The van der Waals surface area contributed by atoms with Gasteiger partial charge in [-0.15, -0.1) is 0 Å². The monoisotopic (exact) mass is 216 g/mol. The van der Waals surface area contributed by atoms with Crippen molar-refractivity contribution in [3.8, 4) is 11.8 Å². The minimum Gasteiger partial charge on any atom is -0.494 e. The first kappa shape index (κ1) is 9.15. The van der Waals surface area contributed by atoms with Gasteiger partial charge >= 0.3 is 0 Å². The second-order valence-corrected chi connectivity index (χ2v) is 4.09. The van der Waals surface area contributed by atoms with E-state index in [1.165, 1.54) is 0 Å². The van der Waals surface area contributed by atoms with E-state index in [4.69, 9.17) is 0 Å². The van der Waals surface area contributed by atoms with Gasteiger partial charge in [0.15, 0.2) is 11.8 Å². The standard InChI is InChI=1S/C12H12N2O2/c1-13-9-6-10-8(5-12(16)14(10)2)3-7(9)4-11(13)15/h3-6,15-16H,1-2H3. The zero-order valence-corrected chi connectivity index (χ0v) is 9.10. The van der Waals surface area contributed by atoms with Crippen molar-refractivity contribution in [1.29, 1.82) is 0 Å². The van der Waals surface area contributed by atoms with Crippen LogP contribution in [0.25, 0.3) is 21.8 Å². The summed E-state index contributed by atoms with van der Waals surface area (Å²) in [7, 11) is 3.62. The molecule has 0 radical (unpaired) electrons. The summed E-state index contributed by atoms with van der Waals surface area (Å²) in [6, 6.07) is 7.37. The van der Waals surface area contributed by atoms with Gasteiger partial charge < -0.3 is 19.3 Å². The SMILES string of the molecule is Cn1c(O)cc2cc3cc(O)n(C)c3cc21. The Balaban J connectivity index is 2.53. The lowest BCUT2D eigenvalue weighted by atomic mass is 10.2. The Morgan fingerprint density at radius 3 is 1.62 bits per heavy atom. The zero-order chi connectivity index (χ0) is 11.4. The van der Waals surface area contributed by atoms with E-state index < -0.39 is 0 Å². The maximum atomic E-state index is 9.62. The highest BCUT2D eigenvalue weighted by atomic mass is 16.3. The van der Waals surface area contributed by atoms with Gasteiger partial charge in [-0.2, -0.15) is 0 Å². The summed E-state index contributed by atoms with van der Waals surface area (Å²) in [5, 5.41) is 21.2. The lowest BCUT2D eigenvalue weighted by Gasteiger charge is -2.00. The molecule has 0 unspecified atom stereocenters. The third-order valence-corrected chi connectivity index (χ3v) is 3.16. The average molecular weight is 216 g/mol. The van der Waals surface area contributed by atoms with Crippen molar-refractivity contribution in [1.82, 2.24) is 9.13 Å². The molecule has 4 nitrogen and oxygen atoms in total. The van der Waals surface area contributed by atoms with Crippen LogP contribution >= 0.6 is 0 Å². The fraction of sp³-hybridized carbons (Fsp3) is 0.167. The van der Waals surface area contributed by atoms with Gasteiger partial charge in [-0.05, 0) is 12.1 Å². The molecule has 0 aliphatic heterocycles. The first-order valence-corrected chi connectivity index (χ1v) is 5.05. The van der Waals surface area contributed by atoms with E-state index in [1.54, 1.807) is 21.3 Å². The van der Waals surface area contributed by atoms with Crippen molar-refractivity contribution in [2.45, 2.75) is 0 Å². The first-order chi connectivity index (χ1) is 7.58. The Morgan fingerprint density at radius 1 is 0.750 bits per heavy atom. The Morgan fingerprint density at radius 2 is 1.19 bits per heavy atom. The smallest absolute Gasteiger partial charge is 0.191 e. The number of benzene rings is 1. The van der Waals surface area contributed by atoms with E-state index in [0.717, 1.165) is 21.8 Å². The van der Waals surface area contributed by atoms with Crippen LogP contribution in [0.3, 0.4) is 0 Å². The van der Waals surface area contributed by atoms with Crippen LogP contribution in [0.5, 0.6) is 11.8 Å². The van der Waals surface area contributed by atoms with Crippen LogP contribution in [0.15, 0.2) is 24.3 Å². The summed E-state index contributed by atoms with van der Waals surface area (Å²) >= 11 is 0. The van der Waals surface area contributed by atoms with E-state index in [-0.39, 0.29) is 11.8 Å². The number of aromatic nitrogens is 2. The summed E-state index contributed by atoms with van der Waals surface area (Å²) in [5.74, 6) is 0.490. The number of aromatic hydroxyl groups is 2. The third-order valence-electron chi connectivity index (χ3n) is 3.16. The molecule has 3 rings (SSSR count). The van der Waals surface area contributed by atoms with Gasteiger partial charge in [-0.1, -0.05) is 0 Å². The number of nitrogens with zero attached hydrogens (tertiary/aromatic N) is 2. The molecule has 0 aliphatic carbocycles. The molecule has 2 aromatic heterocycles. The van der Waals surface area contributed by atoms with Crippen LogP contribution in [0.2, 0.25) is 0 Å². The maximum absolute atomic E-state index is 9.62. The van der Waals surface area contributed by atoms with Gasteiger partial charge in [0, 0.05) is 37.0 Å². The van der Waals surface area contributed by atoms with Gasteiger partial charge in [0.25, 0.3) is 0 Å². The largest absolute Gasteiger partial charge is 0.494 e. The fourth-order valence-electron chi connectivity index (χ4n) is 2.14. The second kappa shape index (κ2) is 2.72. The molecule has 0 saturated carbocycles. The molecule has 2 N–H and O–H groups in total. The second-order valence-electron chi connectivity index (χ2n) is 4.09. The van der Waals surface area contributed by atoms with E-state index in [0.29, 0.717) is 0 Å². The number of fused-ring (bicyclic) bond motifs is 2. The predicted molar refractivity (Wildman–Crippen MR) is 62.7 cm³/mol. The minimum absolute atomic E-state index is 0.245. The molecule has 0 fully saturated rings. The number of hydrogen-bond donors (Lipinski definition) is 2. The molecule has 0 amide bonds. The lowest BCUT2D eigenvalue weighted by molar-refractivity contribution is 0.435. The Kier molecular flexibility index (Phi) is 1.56. The summed E-state index contributed by atoms with van der Waals surface area (Å²) in [6.45, 7) is 0. The van der Waals surface area contributed by atoms with E-state index in [1.807, 2.05) is 26.2 Å². The van der Waals surface area contributed by atoms with E-state index in [2.05, 4.69) is 0 Å². The molecule has 0 saturated heterocycles. The Labute approximate surface area is 92.0 Å². The first-order valence-electron chi connectivity index (χ1n) is 5.05. The van der Waals surface area contributed by atoms with E-state index in [9.17, 15) is 10.2 Å². The minimum atomic E-state index is 0.245. The molecule has 0 spiro atoms. The van der Waals surface area contributed by atoms with Gasteiger partial charge in [0.2, 0.25) is 0 Å². The molecule has 0 aliphatic rings. The number of aryl methyl sites for hydroxylation is 2. The number of hydrogen-bond acceptors (Lipinski definition) is 2. The van der Waals surface area contributed by atoms with Gasteiger partial charge in [-0.3, -0.25) is 0 Å². The van der Waals surface area contributed by atoms with Crippen LogP contribution in [0.4, 0.5) is 0 Å². The highest BCUT2D eigenvalue weighted by molar-refractivity contribution is 5.97. The van der Waals surface area contributed by atoms with Crippen molar-refractivity contribution in [2.24, 2.45) is 14.1 Å². The quantitative estimate of drug-likeness (QED) is 0.604. The number of rotatable bonds is 0. The van der Waals surface area contributed by atoms with E-state index >= 15 is 0 Å². The van der Waals surface area contributed by atoms with Crippen molar-refractivity contribution >= 4 is 21.8 Å². The lowest BCUT2D eigenvalue weighted by Crippen LogP contribution is -1.88. The van der Waals surface area contributed by atoms with Gasteiger partial charge in [0.1, 0.15) is 0 Å². The molecule has 2 heterocycles. The maximum Gasteiger partial charge on any atom is 0.191 e. The van der Waals surface area contributed by atoms with Crippen molar-refractivity contribution in [2.75, 3.05) is 0 Å². The van der Waals surface area contributed by atoms with Crippen molar-refractivity contribution in [3.63, 3.8) is 0 Å². The molecular weight excluding hydrogens is 204 g/mol. The summed E-state index contributed by atoms with van der Waals surface area (Å²) < 4.78 is 3.44. The summed E-state index contributed by atoms with van der Waals surface area (Å²) in [6.07, 6.45) is 0. The predicted octanol–water partition coefficient (Wildman–Crippen LogP) is 2.08. The molecular formula is C12H12N2O2. The highest BCUT2D eigenvalue weighted by Crippen LogP contribution is 2.31. The molecule has 0 bridgehead atoms. The van der Waals surface area contributed by atoms with Gasteiger partial charge in [-0.25, -0.2) is 0 Å². The average Bonchev–Trinajstić information content (AvgIpc) is 2.66. The Hall–Kier alpha value is -2.10. The van der Waals surface area contributed by atoms with Crippen LogP contribution in [0.1, 0.15) is 0 Å². The summed E-state index contributed by atoms with van der Waals surface area (Å²) in [5.41, 5.74) is 1.90. The molecule has 3 aromatic rings. The van der Waals surface area contributed by atoms with Crippen molar-refractivity contribution in [3.05, 3.63) is 24.3 Å². The molecule has 4 heteroatoms. The van der Waals surface area contributed by atoms with Gasteiger partial charge in [0.05, 0.1) is 11.0 Å². The highest BCUT2D eigenvalue weighted by Gasteiger charge is 2.09. The molecule has 82 valence electrons. The normalized spacial score (nSPS) is 11.6. The van der Waals surface area contributed by atoms with Crippen molar-refractivity contribution < 1.29 is 10.2 Å². The van der Waals surface area contributed by atoms with Crippen LogP contribution in [-0.4, -0.2) is 19.3 Å². The fourth-order valence-corrected chi connectivity index (χ4v) is 2.14. The summed E-state index contributed by atoms with van der Waals surface area (Å²) in [4.78, 5) is 0. The third kappa shape index (κ3) is 0.984. The topological polar surface area (TPSA) is 50.3 Å². The van der Waals surface area contributed by atoms with Crippen LogP contribution in [-0.2, 0) is 14.1 Å². The molecule has 16 heavy (non-hydrogen) atoms. The Bertz CT molecular complexity index is 649.